The van der Waals surface area contributed by atoms with Gasteiger partial charge in [-0.2, -0.15) is 0 Å². The highest BCUT2D eigenvalue weighted by molar-refractivity contribution is 5.46. The Bertz CT molecular complexity index is 927. The Kier molecular flexibility index (Phi) is 7.00. The van der Waals surface area contributed by atoms with E-state index in [0.717, 1.165) is 25.2 Å². The van der Waals surface area contributed by atoms with E-state index < -0.39 is 0 Å². The van der Waals surface area contributed by atoms with E-state index in [4.69, 9.17) is 4.74 Å². The molecule has 4 nitrogen and oxygen atoms in total. The molecule has 37 heavy (non-hydrogen) atoms. The SMILES string of the molecule is COC(CNC=O)CC12CCC(C)(C)CC1=C1CCC3C4(C)CCC(O)C(C)C4CCC3(C)C1(C)CC2. The molecule has 5 aliphatic carbocycles. The van der Waals surface area contributed by atoms with Crippen LogP contribution in [-0.4, -0.2) is 37.4 Å². The van der Waals surface area contributed by atoms with Crippen LogP contribution in [-0.2, 0) is 9.53 Å². The van der Waals surface area contributed by atoms with Gasteiger partial charge in [0.15, 0.2) is 0 Å². The van der Waals surface area contributed by atoms with Crippen molar-refractivity contribution in [2.24, 2.45) is 44.8 Å². The molecule has 0 aliphatic heterocycles. The van der Waals surface area contributed by atoms with Crippen LogP contribution in [0.4, 0.5) is 0 Å². The fourth-order valence-corrected chi connectivity index (χ4v) is 11.2. The van der Waals surface area contributed by atoms with E-state index in [1.54, 1.807) is 5.57 Å². The number of amides is 1. The average Bonchev–Trinajstić information content (AvgIpc) is 2.85. The third-order valence-corrected chi connectivity index (χ3v) is 13.6. The lowest BCUT2D eigenvalue weighted by Gasteiger charge is -2.70. The number of rotatable bonds is 6. The maximum absolute atomic E-state index is 11.1. The van der Waals surface area contributed by atoms with Gasteiger partial charge in [-0.1, -0.05) is 52.7 Å². The van der Waals surface area contributed by atoms with Crippen LogP contribution in [0.25, 0.3) is 0 Å². The molecule has 0 spiro atoms. The predicted octanol–water partition coefficient (Wildman–Crippen LogP) is 7.05. The summed E-state index contributed by atoms with van der Waals surface area (Å²) in [6.07, 6.45) is 15.4. The molecule has 9 atom stereocenters. The molecule has 0 bridgehead atoms. The summed E-state index contributed by atoms with van der Waals surface area (Å²) in [6, 6.07) is 0. The lowest BCUT2D eigenvalue weighted by molar-refractivity contribution is -0.180. The highest BCUT2D eigenvalue weighted by atomic mass is 16.5. The predicted molar refractivity (Wildman–Crippen MR) is 150 cm³/mol. The molecule has 2 N–H and O–H groups in total. The monoisotopic (exact) mass is 513 g/mol. The number of carbonyl (C=O) groups is 1. The Hall–Kier alpha value is -0.870. The zero-order valence-corrected chi connectivity index (χ0v) is 24.9. The van der Waals surface area contributed by atoms with Crippen LogP contribution < -0.4 is 5.32 Å². The molecule has 210 valence electrons. The summed E-state index contributed by atoms with van der Waals surface area (Å²) in [5.74, 6) is 1.84. The molecule has 1 amide bonds. The molecule has 0 aromatic carbocycles. The Labute approximate surface area is 226 Å². The fourth-order valence-electron chi connectivity index (χ4n) is 11.2. The van der Waals surface area contributed by atoms with Crippen molar-refractivity contribution in [2.75, 3.05) is 13.7 Å². The molecule has 0 aromatic rings. The summed E-state index contributed by atoms with van der Waals surface area (Å²) in [4.78, 5) is 11.1. The molecule has 4 fully saturated rings. The van der Waals surface area contributed by atoms with E-state index in [9.17, 15) is 9.90 Å². The van der Waals surface area contributed by atoms with Gasteiger partial charge >= 0.3 is 0 Å². The highest BCUT2D eigenvalue weighted by Gasteiger charge is 2.66. The Balaban J connectivity index is 1.55. The molecule has 0 heterocycles. The van der Waals surface area contributed by atoms with Gasteiger partial charge in [-0.05, 0) is 122 Å². The maximum Gasteiger partial charge on any atom is 0.207 e. The van der Waals surface area contributed by atoms with Crippen molar-refractivity contribution in [3.8, 4) is 0 Å². The van der Waals surface area contributed by atoms with Gasteiger partial charge in [-0.3, -0.25) is 4.79 Å². The van der Waals surface area contributed by atoms with Crippen LogP contribution in [0.3, 0.4) is 0 Å². The van der Waals surface area contributed by atoms with Crippen LogP contribution in [0.2, 0.25) is 0 Å². The molecule has 4 saturated carbocycles. The zero-order chi connectivity index (χ0) is 26.9. The van der Waals surface area contributed by atoms with Crippen molar-refractivity contribution in [1.29, 1.82) is 0 Å². The highest BCUT2D eigenvalue weighted by Crippen LogP contribution is 2.75. The molecule has 0 aromatic heterocycles. The number of aliphatic hydroxyl groups is 1. The van der Waals surface area contributed by atoms with Crippen LogP contribution in [0.5, 0.6) is 0 Å². The molecule has 4 heteroatoms. The molecular formula is C33H55NO3. The summed E-state index contributed by atoms with van der Waals surface area (Å²) in [5.41, 5.74) is 5.15. The van der Waals surface area contributed by atoms with Gasteiger partial charge in [0.25, 0.3) is 0 Å². The maximum atomic E-state index is 11.1. The van der Waals surface area contributed by atoms with Crippen molar-refractivity contribution >= 4 is 6.41 Å². The second-order valence-corrected chi connectivity index (χ2v) is 15.6. The number of aliphatic hydroxyl groups excluding tert-OH is 1. The molecule has 0 radical (unpaired) electrons. The number of nitrogens with one attached hydrogen (secondary N) is 1. The number of hydrogen-bond donors (Lipinski definition) is 2. The van der Waals surface area contributed by atoms with Crippen molar-refractivity contribution in [1.82, 2.24) is 5.32 Å². The molecule has 0 saturated heterocycles. The summed E-state index contributed by atoms with van der Waals surface area (Å²) < 4.78 is 5.94. The van der Waals surface area contributed by atoms with Crippen molar-refractivity contribution in [3.63, 3.8) is 0 Å². The van der Waals surface area contributed by atoms with Gasteiger partial charge in [0.05, 0.1) is 12.2 Å². The van der Waals surface area contributed by atoms with E-state index in [2.05, 4.69) is 46.9 Å². The summed E-state index contributed by atoms with van der Waals surface area (Å²) >= 11 is 0. The quantitative estimate of drug-likeness (QED) is 0.295. The topological polar surface area (TPSA) is 58.6 Å². The number of carbonyl (C=O) groups excluding carboxylic acids is 1. The Morgan fingerprint density at radius 2 is 1.73 bits per heavy atom. The smallest absolute Gasteiger partial charge is 0.207 e. The molecule has 5 rings (SSSR count). The van der Waals surface area contributed by atoms with E-state index in [1.165, 1.54) is 64.2 Å². The van der Waals surface area contributed by atoms with Crippen LogP contribution >= 0.6 is 0 Å². The fraction of sp³-hybridized carbons (Fsp3) is 0.909. The normalized spacial score (nSPS) is 47.7. The largest absolute Gasteiger partial charge is 0.393 e. The van der Waals surface area contributed by atoms with Gasteiger partial charge in [-0.25, -0.2) is 0 Å². The Morgan fingerprint density at radius 1 is 1.00 bits per heavy atom. The third kappa shape index (κ3) is 4.09. The molecular weight excluding hydrogens is 458 g/mol. The van der Waals surface area contributed by atoms with Gasteiger partial charge in [0.1, 0.15) is 0 Å². The number of ether oxygens (including phenoxy) is 1. The van der Waals surface area contributed by atoms with E-state index >= 15 is 0 Å². The van der Waals surface area contributed by atoms with Gasteiger partial charge in [0, 0.05) is 13.7 Å². The number of fused-ring (bicyclic) bond motifs is 6. The van der Waals surface area contributed by atoms with Crippen LogP contribution in [0.15, 0.2) is 11.1 Å². The van der Waals surface area contributed by atoms with Gasteiger partial charge < -0.3 is 15.2 Å². The number of allylic oxidation sites excluding steroid dienone is 2. The first-order chi connectivity index (χ1) is 17.4. The first-order valence-corrected chi connectivity index (χ1v) is 15.5. The zero-order valence-electron chi connectivity index (χ0n) is 24.9. The average molecular weight is 514 g/mol. The molecule has 5 aliphatic rings. The van der Waals surface area contributed by atoms with E-state index in [1.807, 2.05) is 12.7 Å². The standard InChI is InChI=1S/C33H55NO3/c1-22-24-10-13-32(6)28(30(24,4)12-11-27(22)36)9-8-25-26-19-29(2,3)14-16-33(26,17-15-31(25,32)5)18-23(37-7)20-34-21-35/h21-24,27-28,36H,8-20H2,1-7H3,(H,34,35). The lowest BCUT2D eigenvalue weighted by Crippen LogP contribution is -2.62. The third-order valence-electron chi connectivity index (χ3n) is 13.6. The summed E-state index contributed by atoms with van der Waals surface area (Å²) in [6.45, 7) is 15.9. The lowest BCUT2D eigenvalue weighted by atomic mass is 9.35. The van der Waals surface area contributed by atoms with Crippen LogP contribution in [0, 0.1) is 44.8 Å². The minimum absolute atomic E-state index is 0.0720. The van der Waals surface area contributed by atoms with Crippen molar-refractivity contribution in [2.45, 2.75) is 131 Å². The van der Waals surface area contributed by atoms with E-state index in [0.29, 0.717) is 34.6 Å². The minimum Gasteiger partial charge on any atom is -0.393 e. The second-order valence-electron chi connectivity index (χ2n) is 15.6. The van der Waals surface area contributed by atoms with Gasteiger partial charge in [0.2, 0.25) is 6.41 Å². The van der Waals surface area contributed by atoms with Crippen LogP contribution in [0.1, 0.15) is 119 Å². The Morgan fingerprint density at radius 3 is 2.43 bits per heavy atom. The number of methoxy groups -OCH3 is 1. The molecule has 9 unspecified atom stereocenters. The summed E-state index contributed by atoms with van der Waals surface area (Å²) in [5, 5.41) is 13.6. The van der Waals surface area contributed by atoms with Crippen molar-refractivity contribution < 1.29 is 14.6 Å². The number of hydrogen-bond acceptors (Lipinski definition) is 3. The van der Waals surface area contributed by atoms with E-state index in [-0.39, 0.29) is 23.0 Å². The van der Waals surface area contributed by atoms with Gasteiger partial charge in [-0.15, -0.1) is 0 Å². The summed E-state index contributed by atoms with van der Waals surface area (Å²) in [7, 11) is 1.81. The minimum atomic E-state index is -0.110. The second kappa shape index (κ2) is 9.36. The first kappa shape index (κ1) is 27.7. The van der Waals surface area contributed by atoms with Crippen molar-refractivity contribution in [3.05, 3.63) is 11.1 Å². The first-order valence-electron chi connectivity index (χ1n) is 15.5.